The number of anilines is 1. The van der Waals surface area contributed by atoms with Crippen LogP contribution in [-0.2, 0) is 0 Å². The molecule has 1 aliphatic carbocycles. The highest BCUT2D eigenvalue weighted by atomic mass is 19.1. The predicted octanol–water partition coefficient (Wildman–Crippen LogP) is 1.76. The molecular weight excluding hydrogens is 313 g/mol. The monoisotopic (exact) mass is 329 g/mol. The third kappa shape index (κ3) is 2.26. The number of rotatable bonds is 4. The SMILES string of the molecule is COc1ccc2c(N[C@H]3C[C@@H](O)[C@@H]3n3cccn3)ncnc2c1F. The molecule has 7 nitrogen and oxygen atoms in total. The van der Waals surface area contributed by atoms with Crippen LogP contribution in [0.15, 0.2) is 36.9 Å². The van der Waals surface area contributed by atoms with E-state index in [-0.39, 0.29) is 23.3 Å². The fourth-order valence-corrected chi connectivity index (χ4v) is 3.10. The number of aliphatic hydroxyl groups excluding tert-OH is 1. The highest BCUT2D eigenvalue weighted by molar-refractivity contribution is 5.90. The zero-order valence-electron chi connectivity index (χ0n) is 12.9. The standard InChI is InChI=1S/C16H16FN5O2/c1-24-12-4-3-9-14(13(12)17)18-8-19-16(9)21-10-7-11(23)15(10)22-6-2-5-20-22/h2-6,8,10-11,15,23H,7H2,1H3,(H,18,19,21)/t10-,11+,15+/m0/s1. The molecule has 24 heavy (non-hydrogen) atoms. The highest BCUT2D eigenvalue weighted by Gasteiger charge is 2.42. The van der Waals surface area contributed by atoms with E-state index in [0.717, 1.165) is 0 Å². The molecule has 1 aromatic carbocycles. The molecule has 1 saturated carbocycles. The Morgan fingerprint density at radius 1 is 1.38 bits per heavy atom. The summed E-state index contributed by atoms with van der Waals surface area (Å²) in [6.45, 7) is 0. The van der Waals surface area contributed by atoms with Gasteiger partial charge in [-0.15, -0.1) is 0 Å². The van der Waals surface area contributed by atoms with Crippen molar-refractivity contribution in [2.75, 3.05) is 12.4 Å². The van der Waals surface area contributed by atoms with Gasteiger partial charge in [-0.1, -0.05) is 0 Å². The molecule has 0 unspecified atom stereocenters. The molecule has 3 atom stereocenters. The summed E-state index contributed by atoms with van der Waals surface area (Å²) in [5.41, 5.74) is 0.197. The van der Waals surface area contributed by atoms with Gasteiger partial charge in [0, 0.05) is 17.8 Å². The van der Waals surface area contributed by atoms with Gasteiger partial charge in [-0.25, -0.2) is 14.4 Å². The second kappa shape index (κ2) is 5.72. The predicted molar refractivity (Wildman–Crippen MR) is 85.3 cm³/mol. The first-order chi connectivity index (χ1) is 11.7. The number of ether oxygens (including phenoxy) is 1. The Labute approximate surface area is 137 Å². The summed E-state index contributed by atoms with van der Waals surface area (Å²) in [5, 5.41) is 18.1. The Bertz CT molecular complexity index is 870. The second-order valence-electron chi connectivity index (χ2n) is 5.73. The maximum Gasteiger partial charge on any atom is 0.191 e. The number of aliphatic hydroxyl groups is 1. The number of nitrogens with zero attached hydrogens (tertiary/aromatic N) is 4. The van der Waals surface area contributed by atoms with Gasteiger partial charge in [0.15, 0.2) is 11.6 Å². The Morgan fingerprint density at radius 2 is 2.25 bits per heavy atom. The molecule has 8 heteroatoms. The van der Waals surface area contributed by atoms with Crippen LogP contribution >= 0.6 is 0 Å². The minimum absolute atomic E-state index is 0.0526. The summed E-state index contributed by atoms with van der Waals surface area (Å²) in [7, 11) is 1.41. The molecule has 124 valence electrons. The molecule has 1 fully saturated rings. The molecule has 0 saturated heterocycles. The number of fused-ring (bicyclic) bond motifs is 1. The normalized spacial score (nSPS) is 23.0. The van der Waals surface area contributed by atoms with E-state index >= 15 is 0 Å². The third-order valence-electron chi connectivity index (χ3n) is 4.38. The highest BCUT2D eigenvalue weighted by Crippen LogP contribution is 2.36. The Morgan fingerprint density at radius 3 is 2.96 bits per heavy atom. The molecular formula is C16H16FN5O2. The second-order valence-corrected chi connectivity index (χ2v) is 5.73. The molecule has 1 aliphatic rings. The van der Waals surface area contributed by atoms with Crippen molar-refractivity contribution in [1.82, 2.24) is 19.7 Å². The van der Waals surface area contributed by atoms with E-state index in [1.807, 2.05) is 12.3 Å². The maximum atomic E-state index is 14.3. The zero-order chi connectivity index (χ0) is 16.7. The number of aromatic nitrogens is 4. The van der Waals surface area contributed by atoms with Crippen LogP contribution in [0.5, 0.6) is 5.75 Å². The number of halogens is 1. The van der Waals surface area contributed by atoms with Crippen LogP contribution in [0.25, 0.3) is 10.9 Å². The van der Waals surface area contributed by atoms with E-state index in [2.05, 4.69) is 20.4 Å². The molecule has 0 bridgehead atoms. The van der Waals surface area contributed by atoms with Crippen LogP contribution in [0.4, 0.5) is 10.2 Å². The van der Waals surface area contributed by atoms with Crippen LogP contribution in [-0.4, -0.2) is 44.1 Å². The first-order valence-corrected chi connectivity index (χ1v) is 7.60. The van der Waals surface area contributed by atoms with Crippen LogP contribution in [0, 0.1) is 5.82 Å². The molecule has 2 heterocycles. The average Bonchev–Trinajstić information content (AvgIpc) is 3.08. The lowest BCUT2D eigenvalue weighted by Crippen LogP contribution is -2.51. The summed E-state index contributed by atoms with van der Waals surface area (Å²) in [4.78, 5) is 8.24. The summed E-state index contributed by atoms with van der Waals surface area (Å²) in [6, 6.07) is 4.84. The molecule has 2 aromatic heterocycles. The fraction of sp³-hybridized carbons (Fsp3) is 0.312. The topological polar surface area (TPSA) is 85.1 Å². The van der Waals surface area contributed by atoms with Crippen molar-refractivity contribution in [3.63, 3.8) is 0 Å². The van der Waals surface area contributed by atoms with Gasteiger partial charge in [-0.05, 0) is 24.6 Å². The van der Waals surface area contributed by atoms with Gasteiger partial charge in [0.2, 0.25) is 0 Å². The summed E-state index contributed by atoms with van der Waals surface area (Å²) < 4.78 is 21.1. The average molecular weight is 329 g/mol. The number of methoxy groups -OCH3 is 1. The molecule has 2 N–H and O–H groups in total. The van der Waals surface area contributed by atoms with Gasteiger partial charge >= 0.3 is 0 Å². The van der Waals surface area contributed by atoms with Crippen LogP contribution in [0.1, 0.15) is 12.5 Å². The van der Waals surface area contributed by atoms with Gasteiger partial charge < -0.3 is 15.2 Å². The molecule has 0 radical (unpaired) electrons. The summed E-state index contributed by atoms with van der Waals surface area (Å²) in [6.07, 6.45) is 4.88. The summed E-state index contributed by atoms with van der Waals surface area (Å²) >= 11 is 0. The van der Waals surface area contributed by atoms with E-state index < -0.39 is 11.9 Å². The van der Waals surface area contributed by atoms with Gasteiger partial charge in [0.25, 0.3) is 0 Å². The Hall–Kier alpha value is -2.74. The molecule has 0 amide bonds. The lowest BCUT2D eigenvalue weighted by atomic mass is 9.83. The maximum absolute atomic E-state index is 14.3. The quantitative estimate of drug-likeness (QED) is 0.759. The third-order valence-corrected chi connectivity index (χ3v) is 4.38. The number of nitrogens with one attached hydrogen (secondary N) is 1. The van der Waals surface area contributed by atoms with Gasteiger partial charge in [0.1, 0.15) is 17.7 Å². The first-order valence-electron chi connectivity index (χ1n) is 7.60. The van der Waals surface area contributed by atoms with E-state index in [9.17, 15) is 9.50 Å². The van der Waals surface area contributed by atoms with Crippen molar-refractivity contribution in [3.05, 3.63) is 42.7 Å². The van der Waals surface area contributed by atoms with Crippen molar-refractivity contribution < 1.29 is 14.2 Å². The van der Waals surface area contributed by atoms with Gasteiger partial charge in [-0.2, -0.15) is 5.10 Å². The van der Waals surface area contributed by atoms with Crippen LogP contribution in [0.3, 0.4) is 0 Å². The number of hydrogen-bond acceptors (Lipinski definition) is 6. The minimum atomic E-state index is -0.516. The van der Waals surface area contributed by atoms with E-state index in [4.69, 9.17) is 4.74 Å². The van der Waals surface area contributed by atoms with E-state index in [1.54, 1.807) is 23.0 Å². The lowest BCUT2D eigenvalue weighted by Gasteiger charge is -2.42. The van der Waals surface area contributed by atoms with Crippen LogP contribution < -0.4 is 10.1 Å². The fourth-order valence-electron chi connectivity index (χ4n) is 3.10. The van der Waals surface area contributed by atoms with Crippen molar-refractivity contribution in [1.29, 1.82) is 0 Å². The van der Waals surface area contributed by atoms with Crippen molar-refractivity contribution in [2.45, 2.75) is 24.6 Å². The number of hydrogen-bond donors (Lipinski definition) is 2. The largest absolute Gasteiger partial charge is 0.494 e. The van der Waals surface area contributed by atoms with E-state index in [1.165, 1.54) is 13.4 Å². The van der Waals surface area contributed by atoms with Crippen LogP contribution in [0.2, 0.25) is 0 Å². The molecule has 3 aromatic rings. The van der Waals surface area contributed by atoms with Crippen molar-refractivity contribution in [2.24, 2.45) is 0 Å². The van der Waals surface area contributed by atoms with Gasteiger partial charge in [0.05, 0.1) is 25.3 Å². The van der Waals surface area contributed by atoms with E-state index in [0.29, 0.717) is 17.6 Å². The Kier molecular flexibility index (Phi) is 3.53. The first kappa shape index (κ1) is 14.8. The molecule has 4 rings (SSSR count). The smallest absolute Gasteiger partial charge is 0.191 e. The number of benzene rings is 1. The van der Waals surface area contributed by atoms with Crippen molar-refractivity contribution in [3.8, 4) is 5.75 Å². The molecule has 0 aliphatic heterocycles. The molecule has 0 spiro atoms. The van der Waals surface area contributed by atoms with Gasteiger partial charge in [-0.3, -0.25) is 4.68 Å². The van der Waals surface area contributed by atoms with Crippen molar-refractivity contribution >= 4 is 16.7 Å². The minimum Gasteiger partial charge on any atom is -0.494 e. The lowest BCUT2D eigenvalue weighted by molar-refractivity contribution is 0.0133. The summed E-state index contributed by atoms with van der Waals surface area (Å²) in [5.74, 6) is 0.147. The zero-order valence-corrected chi connectivity index (χ0v) is 12.9. The Balaban J connectivity index is 1.67.